The third-order valence-corrected chi connectivity index (χ3v) is 3.19. The highest BCUT2D eigenvalue weighted by atomic mass is 32.2. The van der Waals surface area contributed by atoms with Crippen LogP contribution in [0.3, 0.4) is 0 Å². The zero-order chi connectivity index (χ0) is 12.5. The van der Waals surface area contributed by atoms with E-state index >= 15 is 0 Å². The molecular weight excluding hydrogens is 242 g/mol. The van der Waals surface area contributed by atoms with E-state index in [2.05, 4.69) is 15.3 Å². The first kappa shape index (κ1) is 12.3. The summed E-state index contributed by atoms with van der Waals surface area (Å²) in [5.74, 6) is -0.0351. The predicted molar refractivity (Wildman–Crippen MR) is 63.3 cm³/mol. The second kappa shape index (κ2) is 4.58. The van der Waals surface area contributed by atoms with Gasteiger partial charge in [0.15, 0.2) is 9.84 Å². The van der Waals surface area contributed by atoms with Crippen LogP contribution >= 0.6 is 0 Å². The van der Waals surface area contributed by atoms with Crippen LogP contribution in [-0.2, 0) is 22.1 Å². The van der Waals surface area contributed by atoms with Crippen LogP contribution in [0.15, 0.2) is 10.9 Å². The van der Waals surface area contributed by atoms with E-state index in [1.54, 1.807) is 0 Å². The Bertz CT molecular complexity index is 560. The molecule has 0 spiro atoms. The van der Waals surface area contributed by atoms with Crippen LogP contribution in [-0.4, -0.2) is 30.7 Å². The molecule has 1 aromatic rings. The molecule has 0 aliphatic heterocycles. The standard InChI is InChI=1S/C10H15N3O3S/c1-17(15,16)6-9-12-8(4-10(14)13-9)5-11-7-2-3-7/h4,7,11H,2-3,5-6H2,1H3,(H,12,13,14). The maximum atomic E-state index is 11.3. The topological polar surface area (TPSA) is 91.9 Å². The van der Waals surface area contributed by atoms with Crippen molar-refractivity contribution in [2.45, 2.75) is 31.2 Å². The largest absolute Gasteiger partial charge is 0.310 e. The number of hydrogen-bond donors (Lipinski definition) is 2. The summed E-state index contributed by atoms with van der Waals surface area (Å²) >= 11 is 0. The van der Waals surface area contributed by atoms with Crippen LogP contribution in [0.1, 0.15) is 24.4 Å². The number of aromatic nitrogens is 2. The lowest BCUT2D eigenvalue weighted by molar-refractivity contribution is 0.599. The molecular formula is C10H15N3O3S. The first-order valence-corrected chi connectivity index (χ1v) is 7.49. The van der Waals surface area contributed by atoms with Crippen molar-refractivity contribution in [3.63, 3.8) is 0 Å². The summed E-state index contributed by atoms with van der Waals surface area (Å²) in [6.45, 7) is 0.505. The van der Waals surface area contributed by atoms with E-state index < -0.39 is 9.84 Å². The van der Waals surface area contributed by atoms with E-state index in [4.69, 9.17) is 0 Å². The quantitative estimate of drug-likeness (QED) is 0.746. The first-order valence-electron chi connectivity index (χ1n) is 5.42. The Kier molecular flexibility index (Phi) is 3.30. The second-order valence-corrected chi connectivity index (χ2v) is 6.55. The minimum Gasteiger partial charge on any atom is -0.310 e. The van der Waals surface area contributed by atoms with Crippen LogP contribution in [0.25, 0.3) is 0 Å². The molecule has 6 nitrogen and oxygen atoms in total. The van der Waals surface area contributed by atoms with Gasteiger partial charge in [0.1, 0.15) is 11.6 Å². The van der Waals surface area contributed by atoms with E-state index in [1.807, 2.05) is 0 Å². The van der Waals surface area contributed by atoms with Gasteiger partial charge in [-0.05, 0) is 12.8 Å². The average molecular weight is 257 g/mol. The van der Waals surface area contributed by atoms with E-state index in [9.17, 15) is 13.2 Å². The summed E-state index contributed by atoms with van der Waals surface area (Å²) in [7, 11) is -3.18. The molecule has 1 saturated carbocycles. The fourth-order valence-electron chi connectivity index (χ4n) is 1.51. The van der Waals surface area contributed by atoms with Crippen molar-refractivity contribution in [3.8, 4) is 0 Å². The zero-order valence-electron chi connectivity index (χ0n) is 9.56. The number of sulfone groups is 1. The van der Waals surface area contributed by atoms with Crippen LogP contribution in [0.2, 0.25) is 0 Å². The maximum absolute atomic E-state index is 11.3. The minimum atomic E-state index is -3.18. The van der Waals surface area contributed by atoms with Gasteiger partial charge in [0.05, 0.1) is 5.69 Å². The average Bonchev–Trinajstić information content (AvgIpc) is 2.94. The minimum absolute atomic E-state index is 0.201. The molecule has 0 atom stereocenters. The second-order valence-electron chi connectivity index (χ2n) is 4.41. The molecule has 0 radical (unpaired) electrons. The molecule has 1 aromatic heterocycles. The Morgan fingerprint density at radius 2 is 2.24 bits per heavy atom. The monoisotopic (exact) mass is 257 g/mol. The van der Waals surface area contributed by atoms with Gasteiger partial charge in [-0.25, -0.2) is 13.4 Å². The van der Waals surface area contributed by atoms with E-state index in [1.165, 1.54) is 6.07 Å². The third-order valence-electron chi connectivity index (χ3n) is 2.39. The SMILES string of the molecule is CS(=O)(=O)Cc1nc(CNC2CC2)cc(=O)[nH]1. The summed E-state index contributed by atoms with van der Waals surface area (Å²) in [6.07, 6.45) is 3.42. The van der Waals surface area contributed by atoms with Gasteiger partial charge in [-0.3, -0.25) is 4.79 Å². The third kappa shape index (κ3) is 4.27. The number of aromatic amines is 1. The molecule has 0 bridgehead atoms. The fourth-order valence-corrected chi connectivity index (χ4v) is 2.14. The summed E-state index contributed by atoms with van der Waals surface area (Å²) in [6, 6.07) is 1.91. The molecule has 7 heteroatoms. The van der Waals surface area contributed by atoms with Gasteiger partial charge in [-0.15, -0.1) is 0 Å². The lowest BCUT2D eigenvalue weighted by Gasteiger charge is -2.04. The van der Waals surface area contributed by atoms with Crippen molar-refractivity contribution in [2.75, 3.05) is 6.26 Å². The summed E-state index contributed by atoms with van der Waals surface area (Å²) in [5.41, 5.74) is 0.269. The molecule has 0 saturated heterocycles. The number of hydrogen-bond acceptors (Lipinski definition) is 5. The molecule has 1 heterocycles. The fraction of sp³-hybridized carbons (Fsp3) is 0.600. The lowest BCUT2D eigenvalue weighted by Crippen LogP contribution is -2.21. The van der Waals surface area contributed by atoms with Crippen molar-refractivity contribution >= 4 is 9.84 Å². The molecule has 94 valence electrons. The van der Waals surface area contributed by atoms with Gasteiger partial charge >= 0.3 is 0 Å². The summed E-state index contributed by atoms with van der Waals surface area (Å²) in [5, 5.41) is 3.23. The van der Waals surface area contributed by atoms with E-state index in [0.29, 0.717) is 18.3 Å². The number of nitrogens with one attached hydrogen (secondary N) is 2. The van der Waals surface area contributed by atoms with Gasteiger partial charge in [0, 0.05) is 24.9 Å². The van der Waals surface area contributed by atoms with Crippen LogP contribution in [0, 0.1) is 0 Å². The zero-order valence-corrected chi connectivity index (χ0v) is 10.4. The van der Waals surface area contributed by atoms with Crippen molar-refractivity contribution in [1.29, 1.82) is 0 Å². The van der Waals surface area contributed by atoms with Crippen molar-refractivity contribution in [3.05, 3.63) is 27.9 Å². The molecule has 2 N–H and O–H groups in total. The van der Waals surface area contributed by atoms with Crippen molar-refractivity contribution in [2.24, 2.45) is 0 Å². The van der Waals surface area contributed by atoms with Crippen molar-refractivity contribution < 1.29 is 8.42 Å². The molecule has 1 aliphatic carbocycles. The Labute approximate surface area is 99.4 Å². The molecule has 0 unspecified atom stereocenters. The Morgan fingerprint density at radius 3 is 2.82 bits per heavy atom. The molecule has 0 amide bonds. The molecule has 0 aromatic carbocycles. The van der Waals surface area contributed by atoms with Crippen LogP contribution < -0.4 is 10.9 Å². The van der Waals surface area contributed by atoms with Crippen LogP contribution in [0.4, 0.5) is 0 Å². The Hall–Kier alpha value is -1.21. The van der Waals surface area contributed by atoms with Gasteiger partial charge in [0.25, 0.3) is 5.56 Å². The van der Waals surface area contributed by atoms with Gasteiger partial charge in [-0.1, -0.05) is 0 Å². The Morgan fingerprint density at radius 1 is 1.53 bits per heavy atom. The number of rotatable bonds is 5. The lowest BCUT2D eigenvalue weighted by atomic mass is 10.4. The summed E-state index contributed by atoms with van der Waals surface area (Å²) < 4.78 is 22.2. The van der Waals surface area contributed by atoms with Crippen molar-refractivity contribution in [1.82, 2.24) is 15.3 Å². The first-order chi connectivity index (χ1) is 7.92. The Balaban J connectivity index is 2.13. The number of H-pyrrole nitrogens is 1. The number of nitrogens with zero attached hydrogens (tertiary/aromatic N) is 1. The normalized spacial score (nSPS) is 16.1. The smallest absolute Gasteiger partial charge is 0.251 e. The molecule has 2 rings (SSSR count). The summed E-state index contributed by atoms with van der Waals surface area (Å²) in [4.78, 5) is 17.9. The highest BCUT2D eigenvalue weighted by molar-refractivity contribution is 7.89. The molecule has 1 fully saturated rings. The van der Waals surface area contributed by atoms with Gasteiger partial charge in [0.2, 0.25) is 0 Å². The van der Waals surface area contributed by atoms with Gasteiger partial charge in [-0.2, -0.15) is 0 Å². The van der Waals surface area contributed by atoms with E-state index in [0.717, 1.165) is 19.1 Å². The highest BCUT2D eigenvalue weighted by Gasteiger charge is 2.20. The molecule has 1 aliphatic rings. The van der Waals surface area contributed by atoms with Crippen LogP contribution in [0.5, 0.6) is 0 Å². The predicted octanol–water partition coefficient (Wildman–Crippen LogP) is -0.433. The van der Waals surface area contributed by atoms with E-state index in [-0.39, 0.29) is 17.1 Å². The van der Waals surface area contributed by atoms with Gasteiger partial charge < -0.3 is 10.3 Å². The maximum Gasteiger partial charge on any atom is 0.251 e. The molecule has 17 heavy (non-hydrogen) atoms. The highest BCUT2D eigenvalue weighted by Crippen LogP contribution is 2.18.